The minimum Gasteiger partial charge on any atom is -0.329 e. The summed E-state index contributed by atoms with van der Waals surface area (Å²) in [6, 6.07) is 5.20. The number of carbonyl (C=O) groups excluding carboxylic acids is 1. The van der Waals surface area contributed by atoms with Gasteiger partial charge in [0, 0.05) is 35.4 Å². The molecular weight excluding hydrogens is 271 g/mol. The summed E-state index contributed by atoms with van der Waals surface area (Å²) in [5, 5.41) is 1.01. The molecule has 3 nitrogen and oxygen atoms in total. The average Bonchev–Trinajstić information content (AvgIpc) is 2.82. The summed E-state index contributed by atoms with van der Waals surface area (Å²) in [5.41, 5.74) is 0.650. The average molecular weight is 283 g/mol. The van der Waals surface area contributed by atoms with Crippen molar-refractivity contribution in [3.8, 4) is 0 Å². The summed E-state index contributed by atoms with van der Waals surface area (Å²) in [7, 11) is 0. The normalized spacial score (nSPS) is 10.6. The fourth-order valence-electron chi connectivity index (χ4n) is 1.76. The van der Waals surface area contributed by atoms with Gasteiger partial charge >= 0.3 is 0 Å². The van der Waals surface area contributed by atoms with Crippen LogP contribution in [0.4, 0.5) is 0 Å². The van der Waals surface area contributed by atoms with Crippen LogP contribution in [-0.4, -0.2) is 15.3 Å². The zero-order chi connectivity index (χ0) is 13.1. The van der Waals surface area contributed by atoms with Crippen molar-refractivity contribution in [1.29, 1.82) is 0 Å². The number of imidazole rings is 1. The standard InChI is InChI=1S/C13H12Cl2N2O/c1-2-17-7-6-16-13(17)12(18)8-9-10(14)4-3-5-11(9)15/h3-7H,2,8H2,1H3. The molecule has 0 amide bonds. The van der Waals surface area contributed by atoms with Crippen molar-refractivity contribution >= 4 is 29.0 Å². The van der Waals surface area contributed by atoms with Crippen molar-refractivity contribution in [2.24, 2.45) is 0 Å². The highest BCUT2D eigenvalue weighted by Gasteiger charge is 2.16. The third-order valence-corrected chi connectivity index (χ3v) is 3.41. The van der Waals surface area contributed by atoms with Crippen LogP contribution in [-0.2, 0) is 13.0 Å². The lowest BCUT2D eigenvalue weighted by Gasteiger charge is -2.07. The van der Waals surface area contributed by atoms with E-state index < -0.39 is 0 Å². The number of hydrogen-bond donors (Lipinski definition) is 0. The molecule has 0 aliphatic rings. The third-order valence-electron chi connectivity index (χ3n) is 2.70. The number of halogens is 2. The molecule has 0 spiro atoms. The summed E-state index contributed by atoms with van der Waals surface area (Å²) < 4.78 is 1.80. The Morgan fingerprint density at radius 3 is 2.61 bits per heavy atom. The van der Waals surface area contributed by atoms with E-state index in [0.29, 0.717) is 28.0 Å². The van der Waals surface area contributed by atoms with Crippen molar-refractivity contribution in [3.63, 3.8) is 0 Å². The Bertz CT molecular complexity index is 558. The van der Waals surface area contributed by atoms with Crippen LogP contribution >= 0.6 is 23.2 Å². The maximum atomic E-state index is 12.2. The van der Waals surface area contributed by atoms with Crippen LogP contribution in [0, 0.1) is 0 Å². The Labute approximate surface area is 115 Å². The lowest BCUT2D eigenvalue weighted by atomic mass is 10.1. The monoisotopic (exact) mass is 282 g/mol. The van der Waals surface area contributed by atoms with Gasteiger partial charge in [-0.1, -0.05) is 29.3 Å². The second-order valence-corrected chi connectivity index (χ2v) is 4.65. The molecule has 18 heavy (non-hydrogen) atoms. The number of Topliss-reactive ketones (excluding diaryl/α,β-unsaturated/α-hetero) is 1. The first-order valence-electron chi connectivity index (χ1n) is 5.60. The summed E-state index contributed by atoms with van der Waals surface area (Å²) in [4.78, 5) is 16.2. The van der Waals surface area contributed by atoms with Gasteiger partial charge in [0.1, 0.15) is 0 Å². The molecule has 0 N–H and O–H groups in total. The van der Waals surface area contributed by atoms with Gasteiger partial charge in [0.25, 0.3) is 0 Å². The zero-order valence-electron chi connectivity index (χ0n) is 9.86. The van der Waals surface area contributed by atoms with Crippen LogP contribution in [0.25, 0.3) is 0 Å². The molecule has 0 atom stereocenters. The maximum absolute atomic E-state index is 12.2. The van der Waals surface area contributed by atoms with E-state index in [1.807, 2.05) is 6.92 Å². The molecule has 1 aromatic carbocycles. The molecule has 0 radical (unpaired) electrons. The fourth-order valence-corrected chi connectivity index (χ4v) is 2.29. The number of carbonyl (C=O) groups is 1. The molecule has 1 aromatic heterocycles. The van der Waals surface area contributed by atoms with E-state index in [2.05, 4.69) is 4.98 Å². The number of nitrogens with zero attached hydrogens (tertiary/aromatic N) is 2. The van der Waals surface area contributed by atoms with Gasteiger partial charge in [0.2, 0.25) is 5.78 Å². The smallest absolute Gasteiger partial charge is 0.202 e. The first-order chi connectivity index (χ1) is 8.63. The van der Waals surface area contributed by atoms with Crippen molar-refractivity contribution in [3.05, 3.63) is 52.0 Å². The van der Waals surface area contributed by atoms with Crippen LogP contribution in [0.5, 0.6) is 0 Å². The van der Waals surface area contributed by atoms with E-state index in [0.717, 1.165) is 0 Å². The van der Waals surface area contributed by atoms with Crippen LogP contribution < -0.4 is 0 Å². The van der Waals surface area contributed by atoms with Crippen LogP contribution in [0.2, 0.25) is 10.0 Å². The molecule has 2 rings (SSSR count). The fraction of sp³-hybridized carbons (Fsp3) is 0.231. The molecule has 0 saturated carbocycles. The molecule has 0 bridgehead atoms. The number of benzene rings is 1. The van der Waals surface area contributed by atoms with E-state index in [9.17, 15) is 4.79 Å². The summed E-state index contributed by atoms with van der Waals surface area (Å²) in [6.07, 6.45) is 3.56. The van der Waals surface area contributed by atoms with Gasteiger partial charge < -0.3 is 4.57 Å². The Balaban J connectivity index is 2.27. The molecule has 0 unspecified atom stereocenters. The molecule has 94 valence electrons. The number of aryl methyl sites for hydroxylation is 1. The predicted molar refractivity (Wildman–Crippen MR) is 72.4 cm³/mol. The number of hydrogen-bond acceptors (Lipinski definition) is 2. The summed E-state index contributed by atoms with van der Waals surface area (Å²) in [5.74, 6) is 0.352. The van der Waals surface area contributed by atoms with Crippen LogP contribution in [0.3, 0.4) is 0 Å². The predicted octanol–water partition coefficient (Wildman–Crippen LogP) is 3.64. The van der Waals surface area contributed by atoms with Gasteiger partial charge in [0.15, 0.2) is 5.82 Å². The van der Waals surface area contributed by atoms with Crippen molar-refractivity contribution < 1.29 is 4.79 Å². The first kappa shape index (κ1) is 13.1. The minimum atomic E-state index is -0.0862. The van der Waals surface area contributed by atoms with Crippen LogP contribution in [0.1, 0.15) is 23.1 Å². The van der Waals surface area contributed by atoms with Gasteiger partial charge in [0.05, 0.1) is 0 Å². The molecule has 0 fully saturated rings. The number of aromatic nitrogens is 2. The molecule has 0 saturated heterocycles. The Morgan fingerprint density at radius 1 is 1.33 bits per heavy atom. The highest BCUT2D eigenvalue weighted by Crippen LogP contribution is 2.25. The number of rotatable bonds is 4. The summed E-state index contributed by atoms with van der Waals surface area (Å²) in [6.45, 7) is 2.66. The minimum absolute atomic E-state index is 0.0862. The molecule has 0 aliphatic carbocycles. The van der Waals surface area contributed by atoms with E-state index in [1.54, 1.807) is 35.2 Å². The highest BCUT2D eigenvalue weighted by atomic mass is 35.5. The lowest BCUT2D eigenvalue weighted by molar-refractivity contribution is 0.0979. The van der Waals surface area contributed by atoms with Gasteiger partial charge in [-0.25, -0.2) is 4.98 Å². The third kappa shape index (κ3) is 2.57. The second kappa shape index (κ2) is 5.55. The Morgan fingerprint density at radius 2 is 2.00 bits per heavy atom. The largest absolute Gasteiger partial charge is 0.329 e. The quantitative estimate of drug-likeness (QED) is 0.803. The van der Waals surface area contributed by atoms with E-state index in [-0.39, 0.29) is 12.2 Å². The molecule has 1 heterocycles. The molecular formula is C13H12Cl2N2O. The molecule has 2 aromatic rings. The first-order valence-corrected chi connectivity index (χ1v) is 6.36. The Kier molecular flexibility index (Phi) is 4.04. The highest BCUT2D eigenvalue weighted by molar-refractivity contribution is 6.36. The Hall–Kier alpha value is -1.32. The van der Waals surface area contributed by atoms with E-state index in [1.165, 1.54) is 0 Å². The maximum Gasteiger partial charge on any atom is 0.202 e. The second-order valence-electron chi connectivity index (χ2n) is 3.84. The van der Waals surface area contributed by atoms with E-state index in [4.69, 9.17) is 23.2 Å². The molecule has 0 aliphatic heterocycles. The van der Waals surface area contributed by atoms with Gasteiger partial charge in [-0.05, 0) is 24.6 Å². The lowest BCUT2D eigenvalue weighted by Crippen LogP contribution is -2.12. The SMILES string of the molecule is CCn1ccnc1C(=O)Cc1c(Cl)cccc1Cl. The van der Waals surface area contributed by atoms with Crippen molar-refractivity contribution in [1.82, 2.24) is 9.55 Å². The van der Waals surface area contributed by atoms with Gasteiger partial charge in [-0.3, -0.25) is 4.79 Å². The van der Waals surface area contributed by atoms with E-state index >= 15 is 0 Å². The van der Waals surface area contributed by atoms with Crippen LogP contribution in [0.15, 0.2) is 30.6 Å². The van der Waals surface area contributed by atoms with Gasteiger partial charge in [-0.2, -0.15) is 0 Å². The summed E-state index contributed by atoms with van der Waals surface area (Å²) >= 11 is 12.1. The van der Waals surface area contributed by atoms with Gasteiger partial charge in [-0.15, -0.1) is 0 Å². The topological polar surface area (TPSA) is 34.9 Å². The number of ketones is 1. The molecule has 5 heteroatoms. The zero-order valence-corrected chi connectivity index (χ0v) is 11.4. The van der Waals surface area contributed by atoms with Crippen molar-refractivity contribution in [2.45, 2.75) is 19.9 Å². The van der Waals surface area contributed by atoms with Crippen molar-refractivity contribution in [2.75, 3.05) is 0 Å².